The average Bonchev–Trinajstić information content (AvgIpc) is 2.68. The zero-order valence-corrected chi connectivity index (χ0v) is 14.2. The fourth-order valence-electron chi connectivity index (χ4n) is 2.66. The number of benzene rings is 1. The van der Waals surface area contributed by atoms with E-state index in [0.29, 0.717) is 0 Å². The van der Waals surface area contributed by atoms with Crippen molar-refractivity contribution in [1.82, 2.24) is 4.98 Å². The van der Waals surface area contributed by atoms with Crippen LogP contribution < -0.4 is 5.46 Å². The second kappa shape index (κ2) is 5.43. The molecule has 0 atom stereocenters. The van der Waals surface area contributed by atoms with Gasteiger partial charge in [0.25, 0.3) is 0 Å². The molecule has 0 unspecified atom stereocenters. The van der Waals surface area contributed by atoms with Crippen molar-refractivity contribution in [3.63, 3.8) is 0 Å². The summed E-state index contributed by atoms with van der Waals surface area (Å²) in [6.07, 6.45) is 3.53. The third-order valence-electron chi connectivity index (χ3n) is 4.78. The fourth-order valence-corrected chi connectivity index (χ4v) is 2.66. The Morgan fingerprint density at radius 2 is 1.65 bits per heavy atom. The van der Waals surface area contributed by atoms with Crippen LogP contribution in [-0.2, 0) is 9.31 Å². The number of hydrogen-bond acceptors (Lipinski definition) is 3. The molecule has 1 saturated heterocycles. The van der Waals surface area contributed by atoms with Crippen LogP contribution in [0, 0.1) is 12.7 Å². The van der Waals surface area contributed by atoms with Gasteiger partial charge >= 0.3 is 7.12 Å². The summed E-state index contributed by atoms with van der Waals surface area (Å²) in [4.78, 5) is 4.31. The number of nitrogens with zero attached hydrogens (tertiary/aromatic N) is 1. The summed E-state index contributed by atoms with van der Waals surface area (Å²) in [5.74, 6) is -0.235. The van der Waals surface area contributed by atoms with Gasteiger partial charge in [0, 0.05) is 17.9 Å². The summed E-state index contributed by atoms with van der Waals surface area (Å²) in [5.41, 5.74) is 2.84. The molecule has 0 aliphatic carbocycles. The third-order valence-corrected chi connectivity index (χ3v) is 4.78. The van der Waals surface area contributed by atoms with E-state index in [1.54, 1.807) is 18.5 Å². The first kappa shape index (κ1) is 16.2. The Balaban J connectivity index is 1.95. The minimum Gasteiger partial charge on any atom is -0.399 e. The van der Waals surface area contributed by atoms with Crippen molar-refractivity contribution in [2.24, 2.45) is 0 Å². The highest BCUT2D eigenvalue weighted by atomic mass is 19.1. The first-order valence-electron chi connectivity index (χ1n) is 7.77. The maximum absolute atomic E-state index is 13.3. The van der Waals surface area contributed by atoms with Gasteiger partial charge < -0.3 is 9.31 Å². The summed E-state index contributed by atoms with van der Waals surface area (Å²) in [6.45, 7) is 9.98. The second-order valence-corrected chi connectivity index (χ2v) is 7.05. The normalized spacial score (nSPS) is 19.1. The number of aryl methyl sites for hydroxylation is 1. The highest BCUT2D eigenvalue weighted by Gasteiger charge is 2.51. The molecule has 0 N–H and O–H groups in total. The predicted octanol–water partition coefficient (Wildman–Crippen LogP) is 3.50. The molecule has 0 spiro atoms. The van der Waals surface area contributed by atoms with E-state index in [0.717, 1.165) is 22.2 Å². The van der Waals surface area contributed by atoms with Crippen molar-refractivity contribution in [2.75, 3.05) is 0 Å². The first-order valence-corrected chi connectivity index (χ1v) is 7.77. The Morgan fingerprint density at radius 3 is 2.26 bits per heavy atom. The van der Waals surface area contributed by atoms with Gasteiger partial charge in [0.1, 0.15) is 5.82 Å². The molecule has 2 heterocycles. The maximum Gasteiger partial charge on any atom is 0.496 e. The zero-order valence-electron chi connectivity index (χ0n) is 14.2. The van der Waals surface area contributed by atoms with E-state index in [4.69, 9.17) is 9.31 Å². The Kier molecular flexibility index (Phi) is 3.81. The number of aromatic nitrogens is 1. The molecule has 2 aromatic rings. The summed E-state index contributed by atoms with van der Waals surface area (Å²) in [7, 11) is -0.451. The minimum atomic E-state index is -0.451. The summed E-state index contributed by atoms with van der Waals surface area (Å²) in [6, 6.07) is 6.76. The highest BCUT2D eigenvalue weighted by Crippen LogP contribution is 2.36. The molecule has 0 amide bonds. The third kappa shape index (κ3) is 2.91. The molecule has 1 aliphatic rings. The maximum atomic E-state index is 13.3. The van der Waals surface area contributed by atoms with Crippen molar-refractivity contribution in [3.8, 4) is 11.1 Å². The molecule has 23 heavy (non-hydrogen) atoms. The Bertz CT molecular complexity index is 730. The lowest BCUT2D eigenvalue weighted by Gasteiger charge is -2.32. The Hall–Kier alpha value is -1.72. The molecular weight excluding hydrogens is 292 g/mol. The molecule has 1 fully saturated rings. The van der Waals surface area contributed by atoms with Crippen LogP contribution in [-0.4, -0.2) is 23.3 Å². The SMILES string of the molecule is Cc1cc(F)ccc1-c1cncc(B2OC(C)(C)C(C)(C)O2)c1. The van der Waals surface area contributed by atoms with Gasteiger partial charge in [-0.3, -0.25) is 4.98 Å². The van der Waals surface area contributed by atoms with E-state index >= 15 is 0 Å². The van der Waals surface area contributed by atoms with Crippen molar-refractivity contribution in [1.29, 1.82) is 0 Å². The van der Waals surface area contributed by atoms with E-state index in [1.165, 1.54) is 12.1 Å². The van der Waals surface area contributed by atoms with Gasteiger partial charge in [-0.25, -0.2) is 4.39 Å². The van der Waals surface area contributed by atoms with Crippen LogP contribution in [0.2, 0.25) is 0 Å². The van der Waals surface area contributed by atoms with Crippen molar-refractivity contribution >= 4 is 12.6 Å². The lowest BCUT2D eigenvalue weighted by molar-refractivity contribution is 0.00578. The molecule has 120 valence electrons. The molecule has 0 bridgehead atoms. The van der Waals surface area contributed by atoms with Gasteiger partial charge in [-0.15, -0.1) is 0 Å². The van der Waals surface area contributed by atoms with Gasteiger partial charge in [0.2, 0.25) is 0 Å². The lowest BCUT2D eigenvalue weighted by atomic mass is 9.79. The quantitative estimate of drug-likeness (QED) is 0.795. The van der Waals surface area contributed by atoms with Crippen molar-refractivity contribution in [2.45, 2.75) is 45.8 Å². The van der Waals surface area contributed by atoms with Gasteiger partial charge in [0.05, 0.1) is 11.2 Å². The number of pyridine rings is 1. The summed E-state index contributed by atoms with van der Waals surface area (Å²) in [5, 5.41) is 0. The van der Waals surface area contributed by atoms with E-state index in [1.807, 2.05) is 40.7 Å². The molecule has 1 aromatic heterocycles. The fraction of sp³-hybridized carbons (Fsp3) is 0.389. The predicted molar refractivity (Wildman–Crippen MR) is 90.1 cm³/mol. The van der Waals surface area contributed by atoms with E-state index in [-0.39, 0.29) is 17.0 Å². The monoisotopic (exact) mass is 313 g/mol. The van der Waals surface area contributed by atoms with Crippen LogP contribution in [0.1, 0.15) is 33.3 Å². The summed E-state index contributed by atoms with van der Waals surface area (Å²) < 4.78 is 25.4. The average molecular weight is 313 g/mol. The molecular formula is C18H21BFNO2. The van der Waals surface area contributed by atoms with E-state index < -0.39 is 7.12 Å². The summed E-state index contributed by atoms with van der Waals surface area (Å²) >= 11 is 0. The standard InChI is InChI=1S/C18H21BFNO2/c1-12-8-15(20)6-7-16(12)13-9-14(11-21-10-13)19-22-17(2,3)18(4,5)23-19/h6-11H,1-5H3. The molecule has 1 aliphatic heterocycles. The van der Waals surface area contributed by atoms with Gasteiger partial charge in [-0.05, 0) is 63.4 Å². The minimum absolute atomic E-state index is 0.235. The lowest BCUT2D eigenvalue weighted by Crippen LogP contribution is -2.41. The smallest absolute Gasteiger partial charge is 0.399 e. The van der Waals surface area contributed by atoms with Gasteiger partial charge in [0.15, 0.2) is 0 Å². The highest BCUT2D eigenvalue weighted by molar-refractivity contribution is 6.62. The zero-order chi connectivity index (χ0) is 16.8. The van der Waals surface area contributed by atoms with Crippen LogP contribution >= 0.6 is 0 Å². The van der Waals surface area contributed by atoms with Crippen LogP contribution in [0.5, 0.6) is 0 Å². The topological polar surface area (TPSA) is 31.4 Å². The van der Waals surface area contributed by atoms with Crippen LogP contribution in [0.15, 0.2) is 36.7 Å². The molecule has 0 saturated carbocycles. The Morgan fingerprint density at radius 1 is 1.00 bits per heavy atom. The van der Waals surface area contributed by atoms with E-state index in [9.17, 15) is 4.39 Å². The van der Waals surface area contributed by atoms with E-state index in [2.05, 4.69) is 4.98 Å². The largest absolute Gasteiger partial charge is 0.496 e. The van der Waals surface area contributed by atoms with Crippen LogP contribution in [0.25, 0.3) is 11.1 Å². The van der Waals surface area contributed by atoms with Crippen molar-refractivity contribution in [3.05, 3.63) is 48.0 Å². The van der Waals surface area contributed by atoms with Gasteiger partial charge in [-0.1, -0.05) is 12.1 Å². The van der Waals surface area contributed by atoms with Crippen LogP contribution in [0.3, 0.4) is 0 Å². The number of rotatable bonds is 2. The first-order chi connectivity index (χ1) is 10.7. The molecule has 3 rings (SSSR count). The van der Waals surface area contributed by atoms with Crippen molar-refractivity contribution < 1.29 is 13.7 Å². The second-order valence-electron chi connectivity index (χ2n) is 7.05. The molecule has 5 heteroatoms. The number of halogens is 1. The van der Waals surface area contributed by atoms with Gasteiger partial charge in [-0.2, -0.15) is 0 Å². The van der Waals surface area contributed by atoms with Crippen LogP contribution in [0.4, 0.5) is 4.39 Å². The molecule has 3 nitrogen and oxygen atoms in total. The molecule has 1 aromatic carbocycles. The Labute approximate surface area is 137 Å². The molecule has 0 radical (unpaired) electrons. The number of hydrogen-bond donors (Lipinski definition) is 0.